The molecule has 0 bridgehead atoms. The molecule has 0 saturated heterocycles. The number of nitrogens with zero attached hydrogens (tertiary/aromatic N) is 3. The molecule has 2 aromatic carbocycles. The smallest absolute Gasteiger partial charge is 0.326 e. The van der Waals surface area contributed by atoms with E-state index in [1.165, 1.54) is 0 Å². The van der Waals surface area contributed by atoms with Crippen molar-refractivity contribution in [2.24, 2.45) is 7.05 Å². The van der Waals surface area contributed by atoms with Crippen molar-refractivity contribution in [2.75, 3.05) is 27.2 Å². The van der Waals surface area contributed by atoms with Crippen molar-refractivity contribution in [1.29, 1.82) is 0 Å². The maximum atomic E-state index is 12.3. The van der Waals surface area contributed by atoms with Crippen molar-refractivity contribution in [3.8, 4) is 16.9 Å². The second-order valence-electron chi connectivity index (χ2n) is 8.27. The van der Waals surface area contributed by atoms with Gasteiger partial charge in [0, 0.05) is 19.0 Å². The molecule has 0 spiro atoms. The van der Waals surface area contributed by atoms with Gasteiger partial charge in [-0.1, -0.05) is 32.0 Å². The molecule has 2 aromatic heterocycles. The Morgan fingerprint density at radius 3 is 2.47 bits per heavy atom. The molecule has 1 N–H and O–H groups in total. The highest BCUT2D eigenvalue weighted by Gasteiger charge is 2.17. The number of aromatic nitrogens is 3. The topological polar surface area (TPSA) is 63.1 Å². The van der Waals surface area contributed by atoms with Crippen LogP contribution in [-0.4, -0.2) is 46.7 Å². The van der Waals surface area contributed by atoms with E-state index in [0.717, 1.165) is 51.1 Å². The Morgan fingerprint density at radius 1 is 1.10 bits per heavy atom. The van der Waals surface area contributed by atoms with Crippen LogP contribution in [0.4, 0.5) is 0 Å². The standard InChI is InChI=1S/C24H28N4O2/c1-15(2)21-23-22(26-24(29)28(23)5)19-14-17(8-11-20(19)25-21)16-6-9-18(10-7-16)30-13-12-27(3)4/h6-11,14-15H,12-13H2,1-5H3,(H,26,29). The Hall–Kier alpha value is -3.12. The number of ether oxygens (including phenoxy) is 1. The summed E-state index contributed by atoms with van der Waals surface area (Å²) in [5.74, 6) is 1.08. The molecule has 0 aliphatic heterocycles. The first-order valence-electron chi connectivity index (χ1n) is 10.3. The van der Waals surface area contributed by atoms with E-state index in [1.54, 1.807) is 11.6 Å². The number of aryl methyl sites for hydroxylation is 1. The number of hydrogen-bond acceptors (Lipinski definition) is 4. The zero-order chi connectivity index (χ0) is 21.4. The molecule has 4 rings (SSSR count). The fraction of sp³-hybridized carbons (Fsp3) is 0.333. The first kappa shape index (κ1) is 20.2. The summed E-state index contributed by atoms with van der Waals surface area (Å²) >= 11 is 0. The van der Waals surface area contributed by atoms with Crippen LogP contribution in [0.1, 0.15) is 25.5 Å². The number of nitrogens with one attached hydrogen (secondary N) is 1. The Morgan fingerprint density at radius 2 is 1.80 bits per heavy atom. The molecule has 156 valence electrons. The van der Waals surface area contributed by atoms with Gasteiger partial charge in [0.15, 0.2) is 0 Å². The number of H-pyrrole nitrogens is 1. The van der Waals surface area contributed by atoms with Gasteiger partial charge in [0.05, 0.1) is 22.2 Å². The van der Waals surface area contributed by atoms with E-state index in [-0.39, 0.29) is 11.6 Å². The van der Waals surface area contributed by atoms with Gasteiger partial charge in [0.2, 0.25) is 0 Å². The normalized spacial score (nSPS) is 11.8. The quantitative estimate of drug-likeness (QED) is 0.524. The predicted octanol–water partition coefficient (Wildman–Crippen LogP) is 4.15. The maximum Gasteiger partial charge on any atom is 0.326 e. The molecule has 0 aliphatic carbocycles. The summed E-state index contributed by atoms with van der Waals surface area (Å²) in [6.07, 6.45) is 0. The number of benzene rings is 2. The van der Waals surface area contributed by atoms with E-state index in [1.807, 2.05) is 32.3 Å². The van der Waals surface area contributed by atoms with E-state index in [9.17, 15) is 4.79 Å². The van der Waals surface area contributed by atoms with Crippen LogP contribution in [0, 0.1) is 0 Å². The molecule has 0 saturated carbocycles. The van der Waals surface area contributed by atoms with Crippen molar-refractivity contribution >= 4 is 21.9 Å². The highest BCUT2D eigenvalue weighted by Crippen LogP contribution is 2.31. The fourth-order valence-corrected chi connectivity index (χ4v) is 3.70. The number of pyridine rings is 1. The summed E-state index contributed by atoms with van der Waals surface area (Å²) in [4.78, 5) is 22.3. The van der Waals surface area contributed by atoms with Gasteiger partial charge in [-0.15, -0.1) is 0 Å². The lowest BCUT2D eigenvalue weighted by Crippen LogP contribution is -2.19. The average Bonchev–Trinajstić information content (AvgIpc) is 3.02. The second kappa shape index (κ2) is 7.95. The summed E-state index contributed by atoms with van der Waals surface area (Å²) in [6, 6.07) is 14.3. The Labute approximate surface area is 176 Å². The van der Waals surface area contributed by atoms with Crippen molar-refractivity contribution < 1.29 is 4.74 Å². The van der Waals surface area contributed by atoms with Crippen molar-refractivity contribution in [3.63, 3.8) is 0 Å². The Kier molecular flexibility index (Phi) is 5.35. The summed E-state index contributed by atoms with van der Waals surface area (Å²) in [5.41, 5.74) is 5.60. The monoisotopic (exact) mass is 404 g/mol. The third kappa shape index (κ3) is 3.71. The van der Waals surface area contributed by atoms with Crippen LogP contribution in [0.15, 0.2) is 47.3 Å². The summed E-state index contributed by atoms with van der Waals surface area (Å²) in [6.45, 7) is 5.73. The number of hydrogen-bond donors (Lipinski definition) is 1. The molecular weight excluding hydrogens is 376 g/mol. The molecule has 6 heteroatoms. The van der Waals surface area contributed by atoms with Crippen molar-refractivity contribution in [3.05, 3.63) is 58.6 Å². The molecule has 2 heterocycles. The highest BCUT2D eigenvalue weighted by molar-refractivity contribution is 6.04. The molecule has 0 amide bonds. The van der Waals surface area contributed by atoms with E-state index in [0.29, 0.717) is 6.61 Å². The number of aromatic amines is 1. The van der Waals surface area contributed by atoms with Crippen LogP contribution >= 0.6 is 0 Å². The minimum atomic E-state index is -0.120. The molecule has 0 aliphatic rings. The zero-order valence-corrected chi connectivity index (χ0v) is 18.2. The first-order chi connectivity index (χ1) is 14.3. The molecule has 0 atom stereocenters. The van der Waals surface area contributed by atoms with Gasteiger partial charge >= 0.3 is 5.69 Å². The average molecular weight is 405 g/mol. The third-order valence-corrected chi connectivity index (χ3v) is 5.40. The van der Waals surface area contributed by atoms with Gasteiger partial charge in [0.25, 0.3) is 0 Å². The minimum Gasteiger partial charge on any atom is -0.492 e. The third-order valence-electron chi connectivity index (χ3n) is 5.40. The van der Waals surface area contributed by atoms with Crippen molar-refractivity contribution in [1.82, 2.24) is 19.4 Å². The van der Waals surface area contributed by atoms with Gasteiger partial charge in [0.1, 0.15) is 12.4 Å². The number of fused-ring (bicyclic) bond motifs is 3. The van der Waals surface area contributed by atoms with Gasteiger partial charge in [-0.2, -0.15) is 0 Å². The van der Waals surface area contributed by atoms with Crippen molar-refractivity contribution in [2.45, 2.75) is 19.8 Å². The molecule has 6 nitrogen and oxygen atoms in total. The molecule has 0 radical (unpaired) electrons. The van der Waals surface area contributed by atoms with Gasteiger partial charge in [-0.25, -0.2) is 4.79 Å². The molecule has 0 fully saturated rings. The van der Waals surface area contributed by atoms with Crippen LogP contribution in [0.3, 0.4) is 0 Å². The lowest BCUT2D eigenvalue weighted by Gasteiger charge is -2.12. The lowest BCUT2D eigenvalue weighted by atomic mass is 10.0. The molecule has 30 heavy (non-hydrogen) atoms. The van der Waals surface area contributed by atoms with Gasteiger partial charge < -0.3 is 14.6 Å². The SMILES string of the molecule is CC(C)c1nc2ccc(-c3ccc(OCCN(C)C)cc3)cc2c2[nH]c(=O)n(C)c12. The predicted molar refractivity (Wildman–Crippen MR) is 122 cm³/mol. The number of rotatable bonds is 6. The van der Waals surface area contributed by atoms with E-state index >= 15 is 0 Å². The van der Waals surface area contributed by atoms with E-state index in [2.05, 4.69) is 48.0 Å². The maximum absolute atomic E-state index is 12.3. The number of imidazole rings is 1. The largest absolute Gasteiger partial charge is 0.492 e. The Bertz CT molecular complexity index is 1250. The molecule has 0 unspecified atom stereocenters. The lowest BCUT2D eigenvalue weighted by molar-refractivity contribution is 0.261. The molecular formula is C24H28N4O2. The summed E-state index contributed by atoms with van der Waals surface area (Å²) < 4.78 is 7.45. The second-order valence-corrected chi connectivity index (χ2v) is 8.27. The van der Waals surface area contributed by atoms with Crippen LogP contribution in [-0.2, 0) is 7.05 Å². The summed E-state index contributed by atoms with van der Waals surface area (Å²) in [5, 5.41) is 0.955. The van der Waals surface area contributed by atoms with Crippen LogP contribution in [0.5, 0.6) is 5.75 Å². The zero-order valence-electron chi connectivity index (χ0n) is 18.2. The van der Waals surface area contributed by atoms with Gasteiger partial charge in [-0.05, 0) is 55.4 Å². The van der Waals surface area contributed by atoms with Gasteiger partial charge in [-0.3, -0.25) is 9.55 Å². The highest BCUT2D eigenvalue weighted by atomic mass is 16.5. The van der Waals surface area contributed by atoms with Crippen LogP contribution in [0.2, 0.25) is 0 Å². The van der Waals surface area contributed by atoms with Crippen LogP contribution in [0.25, 0.3) is 33.1 Å². The molecule has 4 aromatic rings. The van der Waals surface area contributed by atoms with E-state index in [4.69, 9.17) is 9.72 Å². The minimum absolute atomic E-state index is 0.120. The summed E-state index contributed by atoms with van der Waals surface area (Å²) in [7, 11) is 5.85. The number of likely N-dealkylation sites (N-methyl/N-ethyl adjacent to an activating group) is 1. The fourth-order valence-electron chi connectivity index (χ4n) is 3.70. The Balaban J connectivity index is 1.75. The van der Waals surface area contributed by atoms with E-state index < -0.39 is 0 Å². The van der Waals surface area contributed by atoms with Crippen LogP contribution < -0.4 is 10.4 Å². The first-order valence-corrected chi connectivity index (χ1v) is 10.3.